The molecule has 1 saturated heterocycles. The van der Waals surface area contributed by atoms with Crippen molar-refractivity contribution in [2.24, 2.45) is 5.92 Å². The summed E-state index contributed by atoms with van der Waals surface area (Å²) in [6.07, 6.45) is 3.98. The molecule has 3 aromatic rings. The maximum Gasteiger partial charge on any atom is 0.227 e. The lowest BCUT2D eigenvalue weighted by Gasteiger charge is -2.31. The number of nitrogens with zero attached hydrogens (tertiary/aromatic N) is 1. The zero-order valence-electron chi connectivity index (χ0n) is 16.5. The Hall–Kier alpha value is -2.36. The van der Waals surface area contributed by atoms with Crippen molar-refractivity contribution in [1.29, 1.82) is 0 Å². The van der Waals surface area contributed by atoms with Crippen molar-refractivity contribution in [1.82, 2.24) is 4.90 Å². The molecule has 0 atom stereocenters. The van der Waals surface area contributed by atoms with Gasteiger partial charge in [0.2, 0.25) is 5.91 Å². The average molecular weight is 405 g/mol. The van der Waals surface area contributed by atoms with E-state index in [1.807, 2.05) is 18.2 Å². The highest BCUT2D eigenvalue weighted by atomic mass is 35.5. The first-order chi connectivity index (χ1) is 14.2. The van der Waals surface area contributed by atoms with E-state index in [-0.39, 0.29) is 11.8 Å². The summed E-state index contributed by atoms with van der Waals surface area (Å²) in [6.45, 7) is 2.70. The molecule has 0 aromatic heterocycles. The molecular weight excluding hydrogens is 380 g/mol. The van der Waals surface area contributed by atoms with Crippen LogP contribution in [0.1, 0.15) is 29.5 Å². The third-order valence-corrected chi connectivity index (χ3v) is 6.81. The van der Waals surface area contributed by atoms with Gasteiger partial charge in [0.25, 0.3) is 0 Å². The van der Waals surface area contributed by atoms with Crippen LogP contribution in [0.3, 0.4) is 0 Å². The van der Waals surface area contributed by atoms with E-state index in [1.165, 1.54) is 21.9 Å². The average Bonchev–Trinajstić information content (AvgIpc) is 3.17. The van der Waals surface area contributed by atoms with Crippen LogP contribution in [0.25, 0.3) is 10.8 Å². The summed E-state index contributed by atoms with van der Waals surface area (Å²) in [7, 11) is 0. The van der Waals surface area contributed by atoms with Gasteiger partial charge in [0.15, 0.2) is 0 Å². The molecule has 2 aliphatic rings. The number of anilines is 1. The molecule has 1 aliphatic carbocycles. The Morgan fingerprint density at radius 1 is 0.966 bits per heavy atom. The van der Waals surface area contributed by atoms with Gasteiger partial charge in [-0.2, -0.15) is 0 Å². The van der Waals surface area contributed by atoms with Crippen molar-refractivity contribution in [3.8, 4) is 0 Å². The second kappa shape index (κ2) is 7.81. The van der Waals surface area contributed by atoms with E-state index in [0.29, 0.717) is 0 Å². The van der Waals surface area contributed by atoms with Gasteiger partial charge in [0.05, 0.1) is 0 Å². The Morgan fingerprint density at radius 3 is 2.52 bits per heavy atom. The number of nitrogens with one attached hydrogen (secondary N) is 1. The number of aryl methyl sites for hydroxylation is 2. The van der Waals surface area contributed by atoms with Crippen molar-refractivity contribution in [3.63, 3.8) is 0 Å². The van der Waals surface area contributed by atoms with Crippen LogP contribution < -0.4 is 5.32 Å². The van der Waals surface area contributed by atoms with Gasteiger partial charge >= 0.3 is 0 Å². The fourth-order valence-electron chi connectivity index (χ4n) is 4.81. The topological polar surface area (TPSA) is 32.3 Å². The smallest absolute Gasteiger partial charge is 0.227 e. The number of hydrogen-bond acceptors (Lipinski definition) is 2. The van der Waals surface area contributed by atoms with Gasteiger partial charge in [-0.25, -0.2) is 0 Å². The molecule has 3 aromatic carbocycles. The summed E-state index contributed by atoms with van der Waals surface area (Å²) < 4.78 is 0. The number of carbonyl (C=O) groups is 1. The molecule has 1 heterocycles. The molecular formula is C25H25ClN2O. The summed E-state index contributed by atoms with van der Waals surface area (Å²) in [6, 6.07) is 18.7. The molecule has 0 spiro atoms. The molecule has 148 valence electrons. The van der Waals surface area contributed by atoms with E-state index < -0.39 is 0 Å². The molecule has 1 amide bonds. The number of piperidine rings is 1. The number of halogens is 1. The Morgan fingerprint density at radius 2 is 1.72 bits per heavy atom. The minimum Gasteiger partial charge on any atom is -0.325 e. The molecule has 4 heteroatoms. The molecule has 3 nitrogen and oxygen atoms in total. The van der Waals surface area contributed by atoms with Crippen LogP contribution in [-0.2, 0) is 24.2 Å². The molecule has 1 N–H and O–H groups in total. The predicted molar refractivity (Wildman–Crippen MR) is 119 cm³/mol. The predicted octanol–water partition coefficient (Wildman–Crippen LogP) is 5.44. The monoisotopic (exact) mass is 404 g/mol. The van der Waals surface area contributed by atoms with Crippen molar-refractivity contribution in [3.05, 3.63) is 76.3 Å². The number of likely N-dealkylation sites (tertiary alicyclic amines) is 1. The Balaban J connectivity index is 1.24. The van der Waals surface area contributed by atoms with Gasteiger partial charge in [-0.15, -0.1) is 0 Å². The van der Waals surface area contributed by atoms with Crippen LogP contribution in [0.15, 0.2) is 54.6 Å². The van der Waals surface area contributed by atoms with Gasteiger partial charge in [-0.05, 0) is 73.0 Å². The van der Waals surface area contributed by atoms with Crippen LogP contribution >= 0.6 is 11.6 Å². The van der Waals surface area contributed by atoms with Gasteiger partial charge in [-0.1, -0.05) is 54.1 Å². The minimum atomic E-state index is 0.0699. The summed E-state index contributed by atoms with van der Waals surface area (Å²) in [5, 5.41) is 6.58. The second-order valence-corrected chi connectivity index (χ2v) is 8.65. The van der Waals surface area contributed by atoms with E-state index in [1.54, 1.807) is 0 Å². The number of hydrogen-bond donors (Lipinski definition) is 1. The first kappa shape index (κ1) is 18.7. The normalized spacial score (nSPS) is 17.0. The minimum absolute atomic E-state index is 0.0699. The fraction of sp³-hybridized carbons (Fsp3) is 0.320. The number of rotatable bonds is 4. The van der Waals surface area contributed by atoms with E-state index in [4.69, 9.17) is 11.6 Å². The molecule has 0 bridgehead atoms. The highest BCUT2D eigenvalue weighted by Crippen LogP contribution is 2.35. The van der Waals surface area contributed by atoms with E-state index in [2.05, 4.69) is 46.6 Å². The third-order valence-electron chi connectivity index (χ3n) is 6.44. The highest BCUT2D eigenvalue weighted by molar-refractivity contribution is 6.31. The molecule has 29 heavy (non-hydrogen) atoms. The van der Waals surface area contributed by atoms with Crippen LogP contribution in [0.5, 0.6) is 0 Å². The Bertz CT molecular complexity index is 1060. The zero-order chi connectivity index (χ0) is 19.8. The number of benzene rings is 3. The lowest BCUT2D eigenvalue weighted by molar-refractivity contribution is -0.121. The van der Waals surface area contributed by atoms with E-state index in [0.717, 1.165) is 61.6 Å². The van der Waals surface area contributed by atoms with Crippen LogP contribution in [0.4, 0.5) is 5.69 Å². The van der Waals surface area contributed by atoms with E-state index in [9.17, 15) is 4.79 Å². The summed E-state index contributed by atoms with van der Waals surface area (Å²) in [5.74, 6) is 0.224. The fourth-order valence-corrected chi connectivity index (χ4v) is 5.01. The van der Waals surface area contributed by atoms with Gasteiger partial charge in [0.1, 0.15) is 0 Å². The molecule has 1 fully saturated rings. The SMILES string of the molecule is O=C(Nc1ccc2c3c(cccc13)CC2)C1CCN(Cc2ccccc2Cl)CC1. The van der Waals surface area contributed by atoms with Gasteiger partial charge in [-0.3, -0.25) is 9.69 Å². The maximum absolute atomic E-state index is 13.0. The third kappa shape index (κ3) is 3.65. The van der Waals surface area contributed by atoms with Crippen molar-refractivity contribution in [2.75, 3.05) is 18.4 Å². The summed E-state index contributed by atoms with van der Waals surface area (Å²) >= 11 is 6.30. The largest absolute Gasteiger partial charge is 0.325 e. The lowest BCUT2D eigenvalue weighted by Crippen LogP contribution is -2.37. The maximum atomic E-state index is 13.0. The van der Waals surface area contributed by atoms with Crippen molar-refractivity contribution >= 4 is 34.0 Å². The van der Waals surface area contributed by atoms with Crippen molar-refractivity contribution in [2.45, 2.75) is 32.2 Å². The molecule has 5 rings (SSSR count). The molecule has 0 unspecified atom stereocenters. The number of amides is 1. The Labute approximate surface area is 176 Å². The standard InChI is InChI=1S/C25H25ClN2O/c26-22-7-2-1-4-20(22)16-28-14-12-19(13-15-28)25(29)27-23-11-10-18-9-8-17-5-3-6-21(23)24(17)18/h1-7,10-11,19H,8-9,12-16H2,(H,27,29). The lowest BCUT2D eigenvalue weighted by atomic mass is 9.95. The van der Waals surface area contributed by atoms with Crippen molar-refractivity contribution < 1.29 is 4.79 Å². The van der Waals surface area contributed by atoms with Gasteiger partial charge < -0.3 is 5.32 Å². The number of carbonyl (C=O) groups excluding carboxylic acids is 1. The second-order valence-electron chi connectivity index (χ2n) is 8.24. The zero-order valence-corrected chi connectivity index (χ0v) is 17.2. The Kier molecular flexibility index (Phi) is 5.03. The first-order valence-electron chi connectivity index (χ1n) is 10.5. The highest BCUT2D eigenvalue weighted by Gasteiger charge is 2.26. The van der Waals surface area contributed by atoms with Gasteiger partial charge in [0, 0.05) is 28.6 Å². The van der Waals surface area contributed by atoms with Crippen LogP contribution in [0.2, 0.25) is 5.02 Å². The van der Waals surface area contributed by atoms with E-state index >= 15 is 0 Å². The molecule has 0 saturated carbocycles. The summed E-state index contributed by atoms with van der Waals surface area (Å²) in [5.41, 5.74) is 4.92. The quantitative estimate of drug-likeness (QED) is 0.627. The first-order valence-corrected chi connectivity index (χ1v) is 10.9. The molecule has 1 aliphatic heterocycles. The van der Waals surface area contributed by atoms with Crippen LogP contribution in [0, 0.1) is 5.92 Å². The molecule has 0 radical (unpaired) electrons. The summed E-state index contributed by atoms with van der Waals surface area (Å²) in [4.78, 5) is 15.4. The van der Waals surface area contributed by atoms with Crippen LogP contribution in [-0.4, -0.2) is 23.9 Å².